The summed E-state index contributed by atoms with van der Waals surface area (Å²) in [6.45, 7) is 3.82. The number of phenolic OH excluding ortho intramolecular Hbond substituents is 1. The second-order valence-corrected chi connectivity index (χ2v) is 8.33. The number of aromatic hydroxyl groups is 1. The molecule has 0 aliphatic heterocycles. The van der Waals surface area contributed by atoms with E-state index in [1.165, 1.54) is 12.1 Å². The van der Waals surface area contributed by atoms with Crippen LogP contribution in [0.5, 0.6) is 5.75 Å². The molecule has 0 radical (unpaired) electrons. The average molecular weight is 426 g/mol. The number of thioether (sulfide) groups is 1. The number of carboxylic acid groups (broad SMARTS) is 1. The van der Waals surface area contributed by atoms with Gasteiger partial charge in [-0.3, -0.25) is 9.59 Å². The summed E-state index contributed by atoms with van der Waals surface area (Å²) in [7, 11) is 0. The summed E-state index contributed by atoms with van der Waals surface area (Å²) in [6.07, 6.45) is 2.82. The van der Waals surface area contributed by atoms with Gasteiger partial charge in [0.1, 0.15) is 17.8 Å². The van der Waals surface area contributed by atoms with Gasteiger partial charge in [0.15, 0.2) is 0 Å². The molecule has 0 aromatic heterocycles. The zero-order valence-electron chi connectivity index (χ0n) is 17.1. The van der Waals surface area contributed by atoms with Crippen LogP contribution in [0.15, 0.2) is 24.3 Å². The molecule has 162 valence electrons. The van der Waals surface area contributed by atoms with Gasteiger partial charge in [-0.25, -0.2) is 4.79 Å². The molecule has 2 amide bonds. The van der Waals surface area contributed by atoms with Crippen LogP contribution in [0.2, 0.25) is 0 Å². The minimum Gasteiger partial charge on any atom is -0.508 e. The van der Waals surface area contributed by atoms with E-state index in [9.17, 15) is 24.6 Å². The van der Waals surface area contributed by atoms with Gasteiger partial charge in [0, 0.05) is 6.42 Å². The highest BCUT2D eigenvalue weighted by Crippen LogP contribution is 2.12. The van der Waals surface area contributed by atoms with Crippen molar-refractivity contribution < 1.29 is 24.6 Å². The van der Waals surface area contributed by atoms with E-state index in [1.54, 1.807) is 23.9 Å². The average Bonchev–Trinajstić information content (AvgIpc) is 2.65. The molecule has 6 N–H and O–H groups in total. The molecule has 0 bridgehead atoms. The number of aliphatic carboxylic acids is 1. The Morgan fingerprint density at radius 3 is 2.17 bits per heavy atom. The minimum absolute atomic E-state index is 0.0525. The number of carboxylic acids is 1. The monoisotopic (exact) mass is 425 g/mol. The van der Waals surface area contributed by atoms with E-state index in [4.69, 9.17) is 5.73 Å². The van der Waals surface area contributed by atoms with Crippen LogP contribution in [-0.2, 0) is 20.8 Å². The Labute approximate surface area is 175 Å². The van der Waals surface area contributed by atoms with Gasteiger partial charge in [-0.05, 0) is 48.5 Å². The topological polar surface area (TPSA) is 142 Å². The normalized spacial score (nSPS) is 14.1. The molecule has 0 heterocycles. The van der Waals surface area contributed by atoms with Crippen molar-refractivity contribution in [2.24, 2.45) is 11.7 Å². The van der Waals surface area contributed by atoms with Crippen LogP contribution in [-0.4, -0.2) is 58.1 Å². The number of rotatable bonds is 12. The highest BCUT2D eigenvalue weighted by atomic mass is 32.2. The lowest BCUT2D eigenvalue weighted by atomic mass is 10.0. The fraction of sp³-hybridized carbons (Fsp3) is 0.550. The van der Waals surface area contributed by atoms with Gasteiger partial charge in [-0.15, -0.1) is 0 Å². The van der Waals surface area contributed by atoms with Crippen molar-refractivity contribution in [3.05, 3.63) is 29.8 Å². The van der Waals surface area contributed by atoms with Gasteiger partial charge in [-0.1, -0.05) is 26.0 Å². The van der Waals surface area contributed by atoms with Gasteiger partial charge in [-0.2, -0.15) is 11.8 Å². The number of carbonyl (C=O) groups excluding carboxylic acids is 2. The van der Waals surface area contributed by atoms with E-state index in [0.29, 0.717) is 18.4 Å². The van der Waals surface area contributed by atoms with Gasteiger partial charge >= 0.3 is 5.97 Å². The van der Waals surface area contributed by atoms with Crippen LogP contribution < -0.4 is 16.4 Å². The lowest BCUT2D eigenvalue weighted by Crippen LogP contribution is -2.55. The molecule has 0 aliphatic rings. The predicted molar refractivity (Wildman–Crippen MR) is 114 cm³/mol. The Morgan fingerprint density at radius 1 is 1.07 bits per heavy atom. The van der Waals surface area contributed by atoms with E-state index in [-0.39, 0.29) is 18.1 Å². The number of hydrogen-bond acceptors (Lipinski definition) is 6. The van der Waals surface area contributed by atoms with Crippen molar-refractivity contribution in [2.75, 3.05) is 12.0 Å². The van der Waals surface area contributed by atoms with Crippen molar-refractivity contribution in [1.29, 1.82) is 0 Å². The van der Waals surface area contributed by atoms with E-state index in [2.05, 4.69) is 10.6 Å². The van der Waals surface area contributed by atoms with Crippen molar-refractivity contribution in [3.63, 3.8) is 0 Å². The summed E-state index contributed by atoms with van der Waals surface area (Å²) in [5.41, 5.74) is 6.53. The maximum absolute atomic E-state index is 12.7. The highest BCUT2D eigenvalue weighted by Gasteiger charge is 2.28. The van der Waals surface area contributed by atoms with Crippen molar-refractivity contribution in [1.82, 2.24) is 10.6 Å². The summed E-state index contributed by atoms with van der Waals surface area (Å²) in [5.74, 6) is -1.27. The summed E-state index contributed by atoms with van der Waals surface area (Å²) >= 11 is 1.58. The lowest BCUT2D eigenvalue weighted by Gasteiger charge is -2.24. The van der Waals surface area contributed by atoms with Crippen molar-refractivity contribution >= 4 is 29.5 Å². The predicted octanol–water partition coefficient (Wildman–Crippen LogP) is 1.12. The van der Waals surface area contributed by atoms with Crippen molar-refractivity contribution in [3.8, 4) is 5.75 Å². The molecule has 0 spiro atoms. The maximum atomic E-state index is 12.7. The molecule has 3 atom stereocenters. The van der Waals surface area contributed by atoms with E-state index < -0.39 is 35.9 Å². The van der Waals surface area contributed by atoms with Crippen LogP contribution in [0.3, 0.4) is 0 Å². The standard InChI is InChI=1S/C20H31N3O5S/c1-12(2)10-16(22-18(25)15(21)8-9-29-3)19(26)23-17(20(27)28)11-13-4-6-14(24)7-5-13/h4-7,12,15-17,24H,8-11,21H2,1-3H3,(H,22,25)(H,23,26)(H,27,28)/t15-,16-,17-/m0/s1. The van der Waals surface area contributed by atoms with Crippen LogP contribution >= 0.6 is 11.8 Å². The highest BCUT2D eigenvalue weighted by molar-refractivity contribution is 7.98. The fourth-order valence-electron chi connectivity index (χ4n) is 2.70. The van der Waals surface area contributed by atoms with Gasteiger partial charge in [0.05, 0.1) is 6.04 Å². The Balaban J connectivity index is 2.83. The molecule has 1 aromatic carbocycles. The summed E-state index contributed by atoms with van der Waals surface area (Å²) in [4.78, 5) is 36.7. The second kappa shape index (κ2) is 12.3. The molecule has 0 saturated carbocycles. The number of nitrogens with one attached hydrogen (secondary N) is 2. The maximum Gasteiger partial charge on any atom is 0.326 e. The lowest BCUT2D eigenvalue weighted by molar-refractivity contribution is -0.142. The van der Waals surface area contributed by atoms with Crippen molar-refractivity contribution in [2.45, 2.75) is 51.2 Å². The van der Waals surface area contributed by atoms with Crippen LogP contribution in [0, 0.1) is 5.92 Å². The number of benzene rings is 1. The molecular weight excluding hydrogens is 394 g/mol. The molecular formula is C20H31N3O5S. The number of hydrogen-bond donors (Lipinski definition) is 5. The SMILES string of the molecule is CSCC[C@H](N)C(=O)N[C@@H](CC(C)C)C(=O)N[C@@H](Cc1ccc(O)cc1)C(=O)O. The zero-order valence-corrected chi connectivity index (χ0v) is 17.9. The molecule has 1 aromatic rings. The third kappa shape index (κ3) is 9.19. The minimum atomic E-state index is -1.18. The van der Waals surface area contributed by atoms with Crippen LogP contribution in [0.25, 0.3) is 0 Å². The fourth-order valence-corrected chi connectivity index (χ4v) is 3.19. The van der Waals surface area contributed by atoms with E-state index >= 15 is 0 Å². The third-order valence-corrected chi connectivity index (χ3v) is 4.94. The number of carbonyl (C=O) groups is 3. The first kappa shape index (κ1) is 24.8. The first-order valence-electron chi connectivity index (χ1n) is 9.50. The Morgan fingerprint density at radius 2 is 1.66 bits per heavy atom. The third-order valence-electron chi connectivity index (χ3n) is 4.30. The van der Waals surface area contributed by atoms with Crippen LogP contribution in [0.4, 0.5) is 0 Å². The van der Waals surface area contributed by atoms with Gasteiger partial charge in [0.2, 0.25) is 11.8 Å². The van der Waals surface area contributed by atoms with Gasteiger partial charge in [0.25, 0.3) is 0 Å². The summed E-state index contributed by atoms with van der Waals surface area (Å²) in [5, 5.41) is 24.0. The second-order valence-electron chi connectivity index (χ2n) is 7.35. The smallest absolute Gasteiger partial charge is 0.326 e. The summed E-state index contributed by atoms with van der Waals surface area (Å²) < 4.78 is 0. The molecule has 0 saturated heterocycles. The first-order chi connectivity index (χ1) is 13.6. The van der Waals surface area contributed by atoms with Crippen LogP contribution in [0.1, 0.15) is 32.3 Å². The largest absolute Gasteiger partial charge is 0.508 e. The van der Waals surface area contributed by atoms with E-state index in [1.807, 2.05) is 20.1 Å². The molecule has 0 unspecified atom stereocenters. The summed E-state index contributed by atoms with van der Waals surface area (Å²) in [6, 6.07) is 3.33. The zero-order chi connectivity index (χ0) is 22.0. The molecule has 1 rings (SSSR count). The Hall–Kier alpha value is -2.26. The number of nitrogens with two attached hydrogens (primary N) is 1. The van der Waals surface area contributed by atoms with Gasteiger partial charge < -0.3 is 26.6 Å². The quantitative estimate of drug-likeness (QED) is 0.338. The Bertz CT molecular complexity index is 681. The number of amides is 2. The molecule has 0 fully saturated rings. The first-order valence-corrected chi connectivity index (χ1v) is 10.9. The molecule has 29 heavy (non-hydrogen) atoms. The Kier molecular flexibility index (Phi) is 10.5. The molecule has 0 aliphatic carbocycles. The number of phenols is 1. The molecule has 8 nitrogen and oxygen atoms in total. The van der Waals surface area contributed by atoms with E-state index in [0.717, 1.165) is 5.75 Å². The molecule has 9 heteroatoms.